The van der Waals surface area contributed by atoms with E-state index in [0.29, 0.717) is 5.56 Å². The van der Waals surface area contributed by atoms with Gasteiger partial charge in [-0.15, -0.1) is 0 Å². The van der Waals surface area contributed by atoms with Crippen molar-refractivity contribution in [3.05, 3.63) is 59.7 Å². The zero-order valence-electron chi connectivity index (χ0n) is 14.9. The van der Waals surface area contributed by atoms with Crippen molar-refractivity contribution in [3.63, 3.8) is 0 Å². The standard InChI is InChI=1S/C20H24N4O2/c25-20(17-3-1-6-21-14-17)24-8-2-4-19(24)16-5-7-22-18(13-16)15-23-9-11-26-12-10-23/h1,3,5-7,13-14,19H,2,4,8-12,15H2/t19-/m0/s1. The molecular formula is C20H24N4O2. The second-order valence-corrected chi connectivity index (χ2v) is 6.87. The topological polar surface area (TPSA) is 58.6 Å². The normalized spacial score (nSPS) is 21.1. The summed E-state index contributed by atoms with van der Waals surface area (Å²) >= 11 is 0. The Morgan fingerprint density at radius 3 is 2.88 bits per heavy atom. The number of pyridine rings is 2. The van der Waals surface area contributed by atoms with Crippen LogP contribution >= 0.6 is 0 Å². The molecule has 0 spiro atoms. The number of carbonyl (C=O) groups is 1. The van der Waals surface area contributed by atoms with Gasteiger partial charge < -0.3 is 9.64 Å². The quantitative estimate of drug-likeness (QED) is 0.845. The van der Waals surface area contributed by atoms with Crippen LogP contribution in [0.15, 0.2) is 42.9 Å². The van der Waals surface area contributed by atoms with Crippen LogP contribution in [0.25, 0.3) is 0 Å². The van der Waals surface area contributed by atoms with E-state index in [-0.39, 0.29) is 11.9 Å². The van der Waals surface area contributed by atoms with Gasteiger partial charge in [-0.3, -0.25) is 19.7 Å². The summed E-state index contributed by atoms with van der Waals surface area (Å²) in [7, 11) is 0. The molecule has 0 unspecified atom stereocenters. The van der Waals surface area contributed by atoms with Crippen molar-refractivity contribution in [2.24, 2.45) is 0 Å². The molecule has 4 heterocycles. The maximum atomic E-state index is 12.9. The Balaban J connectivity index is 1.50. The van der Waals surface area contributed by atoms with Crippen molar-refractivity contribution in [2.75, 3.05) is 32.8 Å². The number of hydrogen-bond acceptors (Lipinski definition) is 5. The number of nitrogens with zero attached hydrogens (tertiary/aromatic N) is 4. The summed E-state index contributed by atoms with van der Waals surface area (Å²) in [6.07, 6.45) is 7.23. The fourth-order valence-corrected chi connectivity index (χ4v) is 3.79. The molecule has 2 aromatic rings. The summed E-state index contributed by atoms with van der Waals surface area (Å²) in [4.78, 5) is 25.8. The first-order valence-corrected chi connectivity index (χ1v) is 9.27. The Kier molecular flexibility index (Phi) is 5.22. The van der Waals surface area contributed by atoms with Crippen molar-refractivity contribution >= 4 is 5.91 Å². The van der Waals surface area contributed by atoms with Gasteiger partial charge in [0.05, 0.1) is 30.5 Å². The van der Waals surface area contributed by atoms with Crippen LogP contribution in [-0.4, -0.2) is 58.5 Å². The monoisotopic (exact) mass is 352 g/mol. The van der Waals surface area contributed by atoms with Crippen molar-refractivity contribution in [2.45, 2.75) is 25.4 Å². The molecule has 4 rings (SSSR count). The number of aromatic nitrogens is 2. The third-order valence-electron chi connectivity index (χ3n) is 5.14. The SMILES string of the molecule is O=C(c1cccnc1)N1CCC[C@H]1c1ccnc(CN2CCOCC2)c1. The second kappa shape index (κ2) is 7.93. The minimum Gasteiger partial charge on any atom is -0.379 e. The van der Waals surface area contributed by atoms with Crippen molar-refractivity contribution in [1.29, 1.82) is 0 Å². The van der Waals surface area contributed by atoms with E-state index < -0.39 is 0 Å². The molecule has 2 aliphatic heterocycles. The zero-order valence-corrected chi connectivity index (χ0v) is 14.9. The van der Waals surface area contributed by atoms with Crippen molar-refractivity contribution in [1.82, 2.24) is 19.8 Å². The molecule has 6 nitrogen and oxygen atoms in total. The van der Waals surface area contributed by atoms with Gasteiger partial charge in [0.15, 0.2) is 0 Å². The van der Waals surface area contributed by atoms with Crippen LogP contribution in [0.1, 0.15) is 40.5 Å². The molecule has 0 aromatic carbocycles. The summed E-state index contributed by atoms with van der Waals surface area (Å²) in [6, 6.07) is 7.97. The Hall–Kier alpha value is -2.31. The third kappa shape index (κ3) is 3.76. The Morgan fingerprint density at radius 1 is 1.19 bits per heavy atom. The van der Waals surface area contributed by atoms with Crippen molar-refractivity contribution in [3.8, 4) is 0 Å². The minimum atomic E-state index is 0.0622. The highest BCUT2D eigenvalue weighted by molar-refractivity contribution is 5.94. The molecule has 2 fully saturated rings. The molecule has 0 saturated carbocycles. The third-order valence-corrected chi connectivity index (χ3v) is 5.14. The Bertz CT molecular complexity index is 746. The molecule has 26 heavy (non-hydrogen) atoms. The average Bonchev–Trinajstić information content (AvgIpc) is 3.19. The van der Waals surface area contributed by atoms with E-state index >= 15 is 0 Å². The highest BCUT2D eigenvalue weighted by atomic mass is 16.5. The predicted molar refractivity (Wildman–Crippen MR) is 97.6 cm³/mol. The summed E-state index contributed by atoms with van der Waals surface area (Å²) in [6.45, 7) is 5.09. The molecule has 2 saturated heterocycles. The highest BCUT2D eigenvalue weighted by Crippen LogP contribution is 2.33. The number of likely N-dealkylation sites (tertiary alicyclic amines) is 1. The number of hydrogen-bond donors (Lipinski definition) is 0. The molecule has 136 valence electrons. The zero-order chi connectivity index (χ0) is 17.8. The van der Waals surface area contributed by atoms with Gasteiger partial charge in [0.25, 0.3) is 5.91 Å². The molecular weight excluding hydrogens is 328 g/mol. The molecule has 0 radical (unpaired) electrons. The van der Waals surface area contributed by atoms with Crippen LogP contribution < -0.4 is 0 Å². The summed E-state index contributed by atoms with van der Waals surface area (Å²) in [5, 5.41) is 0. The molecule has 0 aliphatic carbocycles. The first-order valence-electron chi connectivity index (χ1n) is 9.27. The molecule has 1 atom stereocenters. The maximum Gasteiger partial charge on any atom is 0.255 e. The van der Waals surface area contributed by atoms with Crippen LogP contribution in [0.4, 0.5) is 0 Å². The number of morpholine rings is 1. The highest BCUT2D eigenvalue weighted by Gasteiger charge is 2.31. The summed E-state index contributed by atoms with van der Waals surface area (Å²) in [5.74, 6) is 0.0622. The molecule has 1 amide bonds. The first kappa shape index (κ1) is 17.1. The maximum absolute atomic E-state index is 12.9. The summed E-state index contributed by atoms with van der Waals surface area (Å²) in [5.41, 5.74) is 2.89. The number of carbonyl (C=O) groups excluding carboxylic acids is 1. The lowest BCUT2D eigenvalue weighted by Gasteiger charge is -2.27. The second-order valence-electron chi connectivity index (χ2n) is 6.87. The van der Waals surface area contributed by atoms with Gasteiger partial charge >= 0.3 is 0 Å². The van der Waals surface area contributed by atoms with Gasteiger partial charge in [0, 0.05) is 44.8 Å². The average molecular weight is 352 g/mol. The van der Waals surface area contributed by atoms with E-state index in [2.05, 4.69) is 20.9 Å². The van der Waals surface area contributed by atoms with Gasteiger partial charge in [0.1, 0.15) is 0 Å². The van der Waals surface area contributed by atoms with Crippen LogP contribution in [0.2, 0.25) is 0 Å². The lowest BCUT2D eigenvalue weighted by molar-refractivity contribution is 0.0336. The minimum absolute atomic E-state index is 0.0622. The first-order chi connectivity index (χ1) is 12.8. The smallest absolute Gasteiger partial charge is 0.255 e. The van der Waals surface area contributed by atoms with Gasteiger partial charge in [-0.1, -0.05) is 0 Å². The largest absolute Gasteiger partial charge is 0.379 e. The lowest BCUT2D eigenvalue weighted by atomic mass is 10.0. The number of rotatable bonds is 4. The van der Waals surface area contributed by atoms with E-state index in [1.807, 2.05) is 29.3 Å². The molecule has 6 heteroatoms. The van der Waals surface area contributed by atoms with Crippen LogP contribution in [-0.2, 0) is 11.3 Å². The van der Waals surface area contributed by atoms with E-state index in [0.717, 1.165) is 57.9 Å². The van der Waals surface area contributed by atoms with Crippen LogP contribution in [0.3, 0.4) is 0 Å². The molecule has 0 bridgehead atoms. The van der Waals surface area contributed by atoms with Gasteiger partial charge in [-0.25, -0.2) is 0 Å². The fraction of sp³-hybridized carbons (Fsp3) is 0.450. The summed E-state index contributed by atoms with van der Waals surface area (Å²) < 4.78 is 5.41. The Labute approximate surface area is 153 Å². The fourth-order valence-electron chi connectivity index (χ4n) is 3.79. The van der Waals surface area contributed by atoms with E-state index in [4.69, 9.17) is 4.74 Å². The Morgan fingerprint density at radius 2 is 2.08 bits per heavy atom. The van der Waals surface area contributed by atoms with Crippen molar-refractivity contribution < 1.29 is 9.53 Å². The van der Waals surface area contributed by atoms with Crippen LogP contribution in [0, 0.1) is 0 Å². The van der Waals surface area contributed by atoms with E-state index in [9.17, 15) is 4.79 Å². The van der Waals surface area contributed by atoms with Gasteiger partial charge in [0.2, 0.25) is 0 Å². The van der Waals surface area contributed by atoms with E-state index in [1.54, 1.807) is 12.4 Å². The molecule has 2 aliphatic rings. The number of amides is 1. The van der Waals surface area contributed by atoms with Gasteiger partial charge in [-0.2, -0.15) is 0 Å². The molecule has 0 N–H and O–H groups in total. The van der Waals surface area contributed by atoms with E-state index in [1.165, 1.54) is 5.56 Å². The predicted octanol–water partition coefficient (Wildman–Crippen LogP) is 2.29. The molecule has 2 aromatic heterocycles. The van der Waals surface area contributed by atoms with Gasteiger partial charge in [-0.05, 0) is 42.7 Å². The van der Waals surface area contributed by atoms with Crippen LogP contribution in [0.5, 0.6) is 0 Å². The number of ether oxygens (including phenoxy) is 1. The lowest BCUT2D eigenvalue weighted by Crippen LogP contribution is -2.36.